The standard InChI is InChI=1S/C9H12O2/c1-9-4-2-3-7(10)6(9)5-8(9)11/h6H,2-5H2,1H3. The third-order valence-electron chi connectivity index (χ3n) is 3.30. The average molecular weight is 152 g/mol. The molecule has 0 aromatic rings. The molecule has 60 valence electrons. The Morgan fingerprint density at radius 3 is 2.73 bits per heavy atom. The van der Waals surface area contributed by atoms with Gasteiger partial charge in [0.2, 0.25) is 0 Å². The summed E-state index contributed by atoms with van der Waals surface area (Å²) in [7, 11) is 0. The second-order valence-electron chi connectivity index (χ2n) is 3.92. The van der Waals surface area contributed by atoms with Gasteiger partial charge in [0, 0.05) is 24.2 Å². The van der Waals surface area contributed by atoms with Gasteiger partial charge in [-0.3, -0.25) is 9.59 Å². The Morgan fingerprint density at radius 2 is 2.18 bits per heavy atom. The van der Waals surface area contributed by atoms with E-state index in [9.17, 15) is 9.59 Å². The van der Waals surface area contributed by atoms with Gasteiger partial charge in [0.25, 0.3) is 0 Å². The molecule has 2 fully saturated rings. The third-order valence-corrected chi connectivity index (χ3v) is 3.30. The van der Waals surface area contributed by atoms with Crippen LogP contribution in [0.15, 0.2) is 0 Å². The second-order valence-corrected chi connectivity index (χ2v) is 3.92. The molecule has 2 atom stereocenters. The highest BCUT2D eigenvalue weighted by molar-refractivity contribution is 6.02. The number of carbonyl (C=O) groups excluding carboxylic acids is 2. The molecule has 0 radical (unpaired) electrons. The molecule has 0 saturated heterocycles. The highest BCUT2D eigenvalue weighted by Crippen LogP contribution is 2.50. The summed E-state index contributed by atoms with van der Waals surface area (Å²) in [6.07, 6.45) is 3.07. The summed E-state index contributed by atoms with van der Waals surface area (Å²) in [5, 5.41) is 0. The number of fused-ring (bicyclic) bond motifs is 1. The van der Waals surface area contributed by atoms with Crippen molar-refractivity contribution in [2.24, 2.45) is 11.3 Å². The Kier molecular flexibility index (Phi) is 1.23. The topological polar surface area (TPSA) is 34.1 Å². The van der Waals surface area contributed by atoms with Crippen LogP contribution in [0.4, 0.5) is 0 Å². The van der Waals surface area contributed by atoms with Crippen LogP contribution in [0.2, 0.25) is 0 Å². The van der Waals surface area contributed by atoms with E-state index in [1.54, 1.807) is 0 Å². The van der Waals surface area contributed by atoms with Gasteiger partial charge in [-0.05, 0) is 12.8 Å². The second kappa shape index (κ2) is 1.93. The molecule has 2 aliphatic carbocycles. The summed E-state index contributed by atoms with van der Waals surface area (Å²) in [5.74, 6) is 0.706. The van der Waals surface area contributed by atoms with E-state index in [0.717, 1.165) is 12.8 Å². The molecule has 2 saturated carbocycles. The summed E-state index contributed by atoms with van der Waals surface area (Å²) in [6, 6.07) is 0. The molecule has 2 unspecified atom stereocenters. The maximum atomic E-state index is 11.3. The minimum atomic E-state index is -0.241. The number of hydrogen-bond acceptors (Lipinski definition) is 2. The van der Waals surface area contributed by atoms with Gasteiger partial charge in [-0.1, -0.05) is 6.92 Å². The van der Waals surface area contributed by atoms with E-state index in [1.807, 2.05) is 6.92 Å². The van der Waals surface area contributed by atoms with Crippen molar-refractivity contribution in [1.82, 2.24) is 0 Å². The fourth-order valence-corrected chi connectivity index (χ4v) is 2.29. The predicted molar refractivity (Wildman–Crippen MR) is 40.1 cm³/mol. The number of Topliss-reactive ketones (excluding diaryl/α,β-unsaturated/α-hetero) is 2. The van der Waals surface area contributed by atoms with Gasteiger partial charge in [0.05, 0.1) is 0 Å². The molecular formula is C9H12O2. The lowest BCUT2D eigenvalue weighted by molar-refractivity contribution is -0.157. The van der Waals surface area contributed by atoms with Gasteiger partial charge >= 0.3 is 0 Å². The van der Waals surface area contributed by atoms with Crippen molar-refractivity contribution in [2.45, 2.75) is 32.6 Å². The van der Waals surface area contributed by atoms with Crippen LogP contribution in [0.1, 0.15) is 32.6 Å². The molecule has 11 heavy (non-hydrogen) atoms. The molecule has 0 heterocycles. The molecule has 2 rings (SSSR count). The predicted octanol–water partition coefficient (Wildman–Crippen LogP) is 1.33. The van der Waals surface area contributed by atoms with E-state index in [-0.39, 0.29) is 11.3 Å². The van der Waals surface area contributed by atoms with Gasteiger partial charge in [0.15, 0.2) is 0 Å². The van der Waals surface area contributed by atoms with Crippen molar-refractivity contribution < 1.29 is 9.59 Å². The average Bonchev–Trinajstić information content (AvgIpc) is 1.97. The van der Waals surface area contributed by atoms with Crippen LogP contribution in [0.5, 0.6) is 0 Å². The normalized spacial score (nSPS) is 43.2. The first kappa shape index (κ1) is 7.01. The minimum absolute atomic E-state index is 0.0868. The SMILES string of the molecule is CC12CCCC(=O)C1CC2=O. The van der Waals surface area contributed by atoms with Crippen molar-refractivity contribution in [3.05, 3.63) is 0 Å². The highest BCUT2D eigenvalue weighted by atomic mass is 16.1. The van der Waals surface area contributed by atoms with Gasteiger partial charge in [0.1, 0.15) is 11.6 Å². The fourth-order valence-electron chi connectivity index (χ4n) is 2.29. The van der Waals surface area contributed by atoms with Gasteiger partial charge in [-0.2, -0.15) is 0 Å². The lowest BCUT2D eigenvalue weighted by Gasteiger charge is -2.47. The van der Waals surface area contributed by atoms with Crippen molar-refractivity contribution in [1.29, 1.82) is 0 Å². The van der Waals surface area contributed by atoms with E-state index in [2.05, 4.69) is 0 Å². The maximum absolute atomic E-state index is 11.3. The van der Waals surface area contributed by atoms with E-state index in [0.29, 0.717) is 24.4 Å². The third kappa shape index (κ3) is 0.725. The van der Waals surface area contributed by atoms with Crippen LogP contribution in [-0.2, 0) is 9.59 Å². The van der Waals surface area contributed by atoms with Crippen LogP contribution in [0.25, 0.3) is 0 Å². The Morgan fingerprint density at radius 1 is 1.45 bits per heavy atom. The first-order valence-electron chi connectivity index (χ1n) is 4.20. The van der Waals surface area contributed by atoms with E-state index >= 15 is 0 Å². The van der Waals surface area contributed by atoms with E-state index in [1.165, 1.54) is 0 Å². The van der Waals surface area contributed by atoms with Gasteiger partial charge < -0.3 is 0 Å². The molecule has 0 aromatic carbocycles. The Balaban J connectivity index is 2.25. The molecule has 0 amide bonds. The van der Waals surface area contributed by atoms with Gasteiger partial charge in [-0.25, -0.2) is 0 Å². The lowest BCUT2D eigenvalue weighted by Crippen LogP contribution is -2.53. The summed E-state index contributed by atoms with van der Waals surface area (Å²) < 4.78 is 0. The summed E-state index contributed by atoms with van der Waals surface area (Å²) in [4.78, 5) is 22.4. The molecule has 0 bridgehead atoms. The van der Waals surface area contributed by atoms with Crippen LogP contribution < -0.4 is 0 Å². The smallest absolute Gasteiger partial charge is 0.140 e. The van der Waals surface area contributed by atoms with Crippen molar-refractivity contribution in [3.63, 3.8) is 0 Å². The van der Waals surface area contributed by atoms with Crippen LogP contribution in [0, 0.1) is 11.3 Å². The summed E-state index contributed by atoms with van der Waals surface area (Å²) in [6.45, 7) is 1.94. The number of ketones is 2. The van der Waals surface area contributed by atoms with Crippen LogP contribution >= 0.6 is 0 Å². The molecule has 0 aromatic heterocycles. The first-order chi connectivity index (χ1) is 5.14. The van der Waals surface area contributed by atoms with E-state index in [4.69, 9.17) is 0 Å². The summed E-state index contributed by atoms with van der Waals surface area (Å²) >= 11 is 0. The van der Waals surface area contributed by atoms with E-state index < -0.39 is 0 Å². The molecule has 2 nitrogen and oxygen atoms in total. The number of rotatable bonds is 0. The molecule has 0 N–H and O–H groups in total. The van der Waals surface area contributed by atoms with Crippen LogP contribution in [0.3, 0.4) is 0 Å². The largest absolute Gasteiger partial charge is 0.299 e. The quantitative estimate of drug-likeness (QED) is 0.524. The Bertz CT molecular complexity index is 232. The highest BCUT2D eigenvalue weighted by Gasteiger charge is 2.55. The lowest BCUT2D eigenvalue weighted by atomic mass is 9.53. The van der Waals surface area contributed by atoms with Crippen LogP contribution in [-0.4, -0.2) is 11.6 Å². The maximum Gasteiger partial charge on any atom is 0.140 e. The van der Waals surface area contributed by atoms with Gasteiger partial charge in [-0.15, -0.1) is 0 Å². The fraction of sp³-hybridized carbons (Fsp3) is 0.778. The zero-order valence-electron chi connectivity index (χ0n) is 6.72. The zero-order valence-corrected chi connectivity index (χ0v) is 6.72. The molecule has 2 heteroatoms. The molecule has 0 spiro atoms. The molecule has 0 aliphatic heterocycles. The molecular weight excluding hydrogens is 140 g/mol. The minimum Gasteiger partial charge on any atom is -0.299 e. The summed E-state index contributed by atoms with van der Waals surface area (Å²) in [5.41, 5.74) is -0.241. The zero-order chi connectivity index (χ0) is 8.06. The Hall–Kier alpha value is -0.660. The molecule has 2 aliphatic rings. The number of hydrogen-bond donors (Lipinski definition) is 0. The first-order valence-corrected chi connectivity index (χ1v) is 4.20. The Labute approximate surface area is 66.0 Å². The monoisotopic (exact) mass is 152 g/mol. The van der Waals surface area contributed by atoms with Crippen molar-refractivity contribution in [3.8, 4) is 0 Å². The number of carbonyl (C=O) groups is 2. The van der Waals surface area contributed by atoms with Crippen molar-refractivity contribution in [2.75, 3.05) is 0 Å². The van der Waals surface area contributed by atoms with Crippen molar-refractivity contribution >= 4 is 11.6 Å².